The molecule has 0 saturated carbocycles. The maximum Gasteiger partial charge on any atom is 0.416 e. The lowest BCUT2D eigenvalue weighted by atomic mass is 10.0. The molecule has 8 nitrogen and oxygen atoms in total. The lowest BCUT2D eigenvalue weighted by molar-refractivity contribution is -0.137. The van der Waals surface area contributed by atoms with Gasteiger partial charge >= 0.3 is 6.18 Å². The Kier molecular flexibility index (Phi) is 7.72. The first kappa shape index (κ1) is 28.2. The van der Waals surface area contributed by atoms with Gasteiger partial charge in [0.25, 0.3) is 17.7 Å². The summed E-state index contributed by atoms with van der Waals surface area (Å²) in [4.78, 5) is 43.9. The number of nitrogens with zero attached hydrogens (tertiary/aromatic N) is 1. The van der Waals surface area contributed by atoms with Crippen LogP contribution in [0.5, 0.6) is 0 Å². The third-order valence-electron chi connectivity index (χ3n) is 7.42. The fourth-order valence-corrected chi connectivity index (χ4v) is 5.28. The lowest BCUT2D eigenvalue weighted by Crippen LogP contribution is -2.33. The Hall–Kier alpha value is -4.38. The summed E-state index contributed by atoms with van der Waals surface area (Å²) >= 11 is 0. The van der Waals surface area contributed by atoms with Crippen LogP contribution < -0.4 is 16.0 Å². The summed E-state index contributed by atoms with van der Waals surface area (Å²) in [7, 11) is 0. The van der Waals surface area contributed by atoms with Gasteiger partial charge in [-0.25, -0.2) is 0 Å². The van der Waals surface area contributed by atoms with Crippen LogP contribution in [0, 0.1) is 13.8 Å². The van der Waals surface area contributed by atoms with Crippen LogP contribution in [-0.4, -0.2) is 53.8 Å². The molecule has 3 aromatic rings. The number of hydrogen-bond donors (Lipinski definition) is 4. The van der Waals surface area contributed by atoms with E-state index in [1.54, 1.807) is 24.3 Å². The second-order valence-corrected chi connectivity index (χ2v) is 10.3. The molecule has 1 aromatic heterocycles. The topological polar surface area (TPSA) is 106 Å². The molecule has 41 heavy (non-hydrogen) atoms. The van der Waals surface area contributed by atoms with Gasteiger partial charge in [0.15, 0.2) is 0 Å². The SMILES string of the molecule is Cc1[nH]c(/C=C2\C(=O)Nc3cc(NC(=O)c4cccc(C(F)(F)F)c4)ccc32)c(C)c1C(=O)NCCN1CCCC1. The van der Waals surface area contributed by atoms with E-state index in [1.165, 1.54) is 25.0 Å². The number of anilines is 2. The fraction of sp³-hybridized carbons (Fsp3) is 0.300. The van der Waals surface area contributed by atoms with Gasteiger partial charge in [0.1, 0.15) is 0 Å². The summed E-state index contributed by atoms with van der Waals surface area (Å²) in [5, 5.41) is 8.34. The standard InChI is InChI=1S/C30H30F3N5O3/c1-17-24(35-18(2)26(17)29(41)34-10-13-38-11-3-4-12-38)16-23-22-9-8-21(15-25(22)37-28(23)40)36-27(39)19-6-5-7-20(14-19)30(31,32)33/h5-9,14-16,35H,3-4,10-13H2,1-2H3,(H,34,41)(H,36,39)(H,37,40)/b23-16-. The van der Waals surface area contributed by atoms with Crippen LogP contribution in [0.4, 0.5) is 24.5 Å². The predicted octanol–water partition coefficient (Wildman–Crippen LogP) is 5.22. The van der Waals surface area contributed by atoms with Crippen molar-refractivity contribution in [3.05, 3.63) is 81.7 Å². The van der Waals surface area contributed by atoms with E-state index < -0.39 is 17.6 Å². The number of halogens is 3. The van der Waals surface area contributed by atoms with Crippen LogP contribution in [-0.2, 0) is 11.0 Å². The van der Waals surface area contributed by atoms with Crippen molar-refractivity contribution in [2.45, 2.75) is 32.9 Å². The largest absolute Gasteiger partial charge is 0.416 e. The van der Waals surface area contributed by atoms with E-state index >= 15 is 0 Å². The second-order valence-electron chi connectivity index (χ2n) is 10.3. The molecule has 0 bridgehead atoms. The monoisotopic (exact) mass is 565 g/mol. The van der Waals surface area contributed by atoms with Crippen molar-refractivity contribution in [2.24, 2.45) is 0 Å². The number of carbonyl (C=O) groups excluding carboxylic acids is 3. The van der Waals surface area contributed by atoms with E-state index in [2.05, 4.69) is 25.8 Å². The molecule has 1 saturated heterocycles. The molecule has 3 amide bonds. The van der Waals surface area contributed by atoms with Crippen molar-refractivity contribution < 1.29 is 27.6 Å². The van der Waals surface area contributed by atoms with Gasteiger partial charge in [-0.3, -0.25) is 14.4 Å². The summed E-state index contributed by atoms with van der Waals surface area (Å²) in [6, 6.07) is 8.92. The number of carbonyl (C=O) groups is 3. The average molecular weight is 566 g/mol. The van der Waals surface area contributed by atoms with E-state index in [4.69, 9.17) is 0 Å². The molecule has 0 atom stereocenters. The maximum absolute atomic E-state index is 13.0. The number of aromatic nitrogens is 1. The van der Waals surface area contributed by atoms with Gasteiger partial charge < -0.3 is 25.8 Å². The van der Waals surface area contributed by atoms with Crippen molar-refractivity contribution in [3.8, 4) is 0 Å². The number of rotatable bonds is 7. The molecule has 2 aromatic carbocycles. The van der Waals surface area contributed by atoms with E-state index in [0.29, 0.717) is 46.0 Å². The Balaban J connectivity index is 1.31. The zero-order chi connectivity index (χ0) is 29.3. The Bertz CT molecular complexity index is 1550. The number of benzene rings is 2. The molecular weight excluding hydrogens is 535 g/mol. The highest BCUT2D eigenvalue weighted by molar-refractivity contribution is 6.35. The van der Waals surface area contributed by atoms with Crippen LogP contribution in [0.2, 0.25) is 0 Å². The first-order chi connectivity index (χ1) is 19.5. The number of aromatic amines is 1. The smallest absolute Gasteiger partial charge is 0.358 e. The normalized spacial score (nSPS) is 16.1. The number of H-pyrrole nitrogens is 1. The van der Waals surface area contributed by atoms with Crippen LogP contribution >= 0.6 is 0 Å². The summed E-state index contributed by atoms with van der Waals surface area (Å²) in [6.07, 6.45) is -0.501. The van der Waals surface area contributed by atoms with Crippen molar-refractivity contribution in [3.63, 3.8) is 0 Å². The molecule has 4 N–H and O–H groups in total. The molecule has 2 aliphatic rings. The first-order valence-corrected chi connectivity index (χ1v) is 13.4. The molecule has 0 unspecified atom stereocenters. The van der Waals surface area contributed by atoms with Gasteiger partial charge in [-0.05, 0) is 81.7 Å². The highest BCUT2D eigenvalue weighted by Gasteiger charge is 2.31. The number of amides is 3. The van der Waals surface area contributed by atoms with Crippen molar-refractivity contribution in [1.82, 2.24) is 15.2 Å². The molecule has 0 aliphatic carbocycles. The third kappa shape index (κ3) is 6.04. The van der Waals surface area contributed by atoms with Gasteiger partial charge in [-0.1, -0.05) is 12.1 Å². The van der Waals surface area contributed by atoms with Gasteiger partial charge in [0.05, 0.1) is 22.4 Å². The summed E-state index contributed by atoms with van der Waals surface area (Å²) in [5.41, 5.74) is 3.26. The molecule has 0 radical (unpaired) electrons. The number of fused-ring (bicyclic) bond motifs is 1. The summed E-state index contributed by atoms with van der Waals surface area (Å²) in [6.45, 7) is 7.12. The first-order valence-electron chi connectivity index (χ1n) is 13.4. The average Bonchev–Trinajstić information content (AvgIpc) is 3.62. The van der Waals surface area contributed by atoms with Crippen LogP contribution in [0.15, 0.2) is 42.5 Å². The van der Waals surface area contributed by atoms with Gasteiger partial charge in [0.2, 0.25) is 0 Å². The minimum atomic E-state index is -4.56. The maximum atomic E-state index is 13.0. The molecule has 11 heteroatoms. The number of aryl methyl sites for hydroxylation is 1. The van der Waals surface area contributed by atoms with Crippen LogP contribution in [0.3, 0.4) is 0 Å². The molecule has 3 heterocycles. The molecule has 214 valence electrons. The molecule has 1 fully saturated rings. The summed E-state index contributed by atoms with van der Waals surface area (Å²) in [5.74, 6) is -1.23. The van der Waals surface area contributed by atoms with Gasteiger partial charge in [0, 0.05) is 41.3 Å². The fourth-order valence-electron chi connectivity index (χ4n) is 5.28. The molecule has 0 spiro atoms. The summed E-state index contributed by atoms with van der Waals surface area (Å²) < 4.78 is 39.1. The van der Waals surface area contributed by atoms with Gasteiger partial charge in [-0.15, -0.1) is 0 Å². The number of nitrogens with one attached hydrogen (secondary N) is 4. The van der Waals surface area contributed by atoms with E-state index in [9.17, 15) is 27.6 Å². The molecular formula is C30H30F3N5O3. The predicted molar refractivity (Wildman–Crippen MR) is 151 cm³/mol. The number of alkyl halides is 3. The molecule has 5 rings (SSSR count). The minimum absolute atomic E-state index is 0.140. The Labute approximate surface area is 235 Å². The van der Waals surface area contributed by atoms with Crippen LogP contribution in [0.1, 0.15) is 61.6 Å². The molecule has 2 aliphatic heterocycles. The number of hydrogen-bond acceptors (Lipinski definition) is 4. The van der Waals surface area contributed by atoms with Crippen molar-refractivity contribution in [1.29, 1.82) is 0 Å². The lowest BCUT2D eigenvalue weighted by Gasteiger charge is -2.14. The third-order valence-corrected chi connectivity index (χ3v) is 7.42. The van der Waals surface area contributed by atoms with E-state index in [1.807, 2.05) is 13.8 Å². The highest BCUT2D eigenvalue weighted by Crippen LogP contribution is 2.36. The number of likely N-dealkylation sites (tertiary alicyclic amines) is 1. The second kappa shape index (κ2) is 11.2. The van der Waals surface area contributed by atoms with Crippen LogP contribution in [0.25, 0.3) is 11.6 Å². The van der Waals surface area contributed by atoms with Crippen molar-refractivity contribution >= 4 is 40.7 Å². The minimum Gasteiger partial charge on any atom is -0.358 e. The van der Waals surface area contributed by atoms with Gasteiger partial charge in [-0.2, -0.15) is 13.2 Å². The zero-order valence-electron chi connectivity index (χ0n) is 22.7. The highest BCUT2D eigenvalue weighted by atomic mass is 19.4. The Morgan fingerprint density at radius 3 is 2.54 bits per heavy atom. The Morgan fingerprint density at radius 1 is 1.05 bits per heavy atom. The van der Waals surface area contributed by atoms with E-state index in [0.717, 1.165) is 37.3 Å². The van der Waals surface area contributed by atoms with E-state index in [-0.39, 0.29) is 17.4 Å². The quantitative estimate of drug-likeness (QED) is 0.295. The Morgan fingerprint density at radius 2 is 1.80 bits per heavy atom. The van der Waals surface area contributed by atoms with Crippen molar-refractivity contribution in [2.75, 3.05) is 36.8 Å². The zero-order valence-corrected chi connectivity index (χ0v) is 22.7.